The van der Waals surface area contributed by atoms with Gasteiger partial charge in [0.15, 0.2) is 0 Å². The summed E-state index contributed by atoms with van der Waals surface area (Å²) in [6.07, 6.45) is 1.09. The van der Waals surface area contributed by atoms with Gasteiger partial charge in [-0.3, -0.25) is 0 Å². The standard InChI is InChI=1S/C27H30N4O6S2/c1-19-8-12-23(13-9-19)31(38)27(34)28-16-3-4-17-37-25(32)21-6-5-7-22(18-21)29-26(33)30-39(35,36)24-14-10-20(2)11-15-24/h5-15,18,38H,3-4,16-17H2,1-2H3,(H,28,34)(H2,29,30,33). The van der Waals surface area contributed by atoms with Crippen molar-refractivity contribution < 1.29 is 27.5 Å². The van der Waals surface area contributed by atoms with Gasteiger partial charge in [0.05, 0.1) is 22.8 Å². The van der Waals surface area contributed by atoms with Gasteiger partial charge in [-0.25, -0.2) is 31.8 Å². The molecular weight excluding hydrogens is 540 g/mol. The SMILES string of the molecule is Cc1ccc(N(S)C(=O)NCCCCOC(=O)c2cccc(NC(=O)NS(=O)(=O)c3ccc(C)cc3)c2)cc1. The van der Waals surface area contributed by atoms with E-state index < -0.39 is 22.0 Å². The number of nitrogens with zero attached hydrogens (tertiary/aromatic N) is 1. The second-order valence-corrected chi connectivity index (χ2v) is 10.8. The van der Waals surface area contributed by atoms with Crippen LogP contribution in [0.25, 0.3) is 0 Å². The number of hydrogen-bond donors (Lipinski definition) is 4. The Labute approximate surface area is 233 Å². The molecule has 206 valence electrons. The Kier molecular flexibility index (Phi) is 10.4. The molecule has 0 atom stereocenters. The van der Waals surface area contributed by atoms with E-state index in [4.69, 9.17) is 4.74 Å². The van der Waals surface area contributed by atoms with Crippen molar-refractivity contribution in [1.29, 1.82) is 0 Å². The summed E-state index contributed by atoms with van der Waals surface area (Å²) in [6, 6.07) is 18.0. The number of unbranched alkanes of at least 4 members (excludes halogenated alkanes) is 1. The van der Waals surface area contributed by atoms with Crippen LogP contribution >= 0.6 is 12.8 Å². The van der Waals surface area contributed by atoms with Gasteiger partial charge >= 0.3 is 18.0 Å². The lowest BCUT2D eigenvalue weighted by Gasteiger charge is -2.16. The number of nitrogens with one attached hydrogen (secondary N) is 3. The molecule has 0 aliphatic carbocycles. The van der Waals surface area contributed by atoms with E-state index in [2.05, 4.69) is 23.4 Å². The molecule has 0 heterocycles. The molecule has 0 aromatic heterocycles. The van der Waals surface area contributed by atoms with Crippen LogP contribution in [-0.2, 0) is 14.8 Å². The van der Waals surface area contributed by atoms with Crippen LogP contribution in [0.15, 0.2) is 77.7 Å². The summed E-state index contributed by atoms with van der Waals surface area (Å²) in [6.45, 7) is 4.28. The summed E-state index contributed by atoms with van der Waals surface area (Å²) in [5.74, 6) is -0.601. The fourth-order valence-electron chi connectivity index (χ4n) is 3.33. The minimum absolute atomic E-state index is 0.0469. The van der Waals surface area contributed by atoms with Crippen molar-refractivity contribution >= 4 is 52.2 Å². The van der Waals surface area contributed by atoms with Crippen LogP contribution in [0.4, 0.5) is 21.0 Å². The summed E-state index contributed by atoms with van der Waals surface area (Å²) < 4.78 is 33.2. The zero-order valence-electron chi connectivity index (χ0n) is 21.5. The average molecular weight is 571 g/mol. The van der Waals surface area contributed by atoms with Crippen LogP contribution in [0.3, 0.4) is 0 Å². The molecule has 0 bridgehead atoms. The number of rotatable bonds is 10. The van der Waals surface area contributed by atoms with Crippen LogP contribution in [0.5, 0.6) is 0 Å². The summed E-state index contributed by atoms with van der Waals surface area (Å²) in [4.78, 5) is 36.8. The maximum atomic E-state index is 12.4. The van der Waals surface area contributed by atoms with E-state index in [1.54, 1.807) is 24.3 Å². The number of amides is 4. The van der Waals surface area contributed by atoms with Crippen LogP contribution in [0.1, 0.15) is 34.3 Å². The lowest BCUT2D eigenvalue weighted by atomic mass is 10.2. The zero-order chi connectivity index (χ0) is 28.4. The lowest BCUT2D eigenvalue weighted by Crippen LogP contribution is -2.34. The Balaban J connectivity index is 1.40. The highest BCUT2D eigenvalue weighted by molar-refractivity contribution is 7.90. The Morgan fingerprint density at radius 1 is 0.897 bits per heavy atom. The van der Waals surface area contributed by atoms with Crippen molar-refractivity contribution in [2.75, 3.05) is 22.8 Å². The first kappa shape index (κ1) is 29.5. The minimum atomic E-state index is -4.06. The first-order valence-corrected chi connectivity index (χ1v) is 13.9. The number of sulfonamides is 1. The van der Waals surface area contributed by atoms with E-state index in [0.29, 0.717) is 25.1 Å². The number of benzene rings is 3. The van der Waals surface area contributed by atoms with Gasteiger partial charge in [0, 0.05) is 12.2 Å². The number of aryl methyl sites for hydroxylation is 2. The highest BCUT2D eigenvalue weighted by Crippen LogP contribution is 2.17. The molecule has 3 rings (SSSR count). The molecule has 3 aromatic carbocycles. The average Bonchev–Trinajstić information content (AvgIpc) is 2.90. The van der Waals surface area contributed by atoms with Gasteiger partial charge in [-0.15, -0.1) is 0 Å². The maximum Gasteiger partial charge on any atom is 0.338 e. The predicted octanol–water partition coefficient (Wildman–Crippen LogP) is 4.81. The number of carbonyl (C=O) groups is 3. The Morgan fingerprint density at radius 3 is 2.21 bits per heavy atom. The summed E-state index contributed by atoms with van der Waals surface area (Å²) in [5.41, 5.74) is 3.01. The fraction of sp³-hybridized carbons (Fsp3) is 0.222. The number of urea groups is 2. The van der Waals surface area contributed by atoms with Crippen molar-refractivity contribution in [3.8, 4) is 0 Å². The number of esters is 1. The Morgan fingerprint density at radius 2 is 1.54 bits per heavy atom. The molecule has 0 unspecified atom stereocenters. The third-order valence-electron chi connectivity index (χ3n) is 5.47. The Hall–Kier alpha value is -4.03. The zero-order valence-corrected chi connectivity index (χ0v) is 23.2. The van der Waals surface area contributed by atoms with E-state index >= 15 is 0 Å². The molecule has 0 spiro atoms. The number of anilines is 2. The van der Waals surface area contributed by atoms with E-state index in [-0.39, 0.29) is 28.8 Å². The van der Waals surface area contributed by atoms with Crippen LogP contribution in [0.2, 0.25) is 0 Å². The molecule has 0 saturated heterocycles. The van der Waals surface area contributed by atoms with Crippen molar-refractivity contribution in [2.24, 2.45) is 0 Å². The minimum Gasteiger partial charge on any atom is -0.462 e. The van der Waals surface area contributed by atoms with Gasteiger partial charge in [-0.05, 0) is 69.2 Å². The number of hydrogen-bond acceptors (Lipinski definition) is 7. The first-order valence-electron chi connectivity index (χ1n) is 12.1. The second kappa shape index (κ2) is 13.7. The van der Waals surface area contributed by atoms with Crippen molar-refractivity contribution in [3.63, 3.8) is 0 Å². The topological polar surface area (TPSA) is 134 Å². The monoisotopic (exact) mass is 570 g/mol. The number of ether oxygens (including phenoxy) is 1. The Bertz CT molecular complexity index is 1410. The smallest absolute Gasteiger partial charge is 0.338 e. The third kappa shape index (κ3) is 9.04. The molecular formula is C27H30N4O6S2. The largest absolute Gasteiger partial charge is 0.462 e. The molecule has 0 aliphatic rings. The molecule has 10 nitrogen and oxygen atoms in total. The molecule has 0 radical (unpaired) electrons. The van der Waals surface area contributed by atoms with E-state index in [0.717, 1.165) is 11.1 Å². The van der Waals surface area contributed by atoms with Gasteiger partial charge in [-0.2, -0.15) is 0 Å². The molecule has 3 aromatic rings. The van der Waals surface area contributed by atoms with Gasteiger partial charge in [0.2, 0.25) is 0 Å². The van der Waals surface area contributed by atoms with Crippen LogP contribution in [-0.4, -0.2) is 39.6 Å². The summed E-state index contributed by atoms with van der Waals surface area (Å²) in [7, 11) is -4.06. The third-order valence-corrected chi connectivity index (χ3v) is 7.23. The summed E-state index contributed by atoms with van der Waals surface area (Å²) in [5, 5.41) is 5.16. The highest BCUT2D eigenvalue weighted by atomic mass is 32.2. The predicted molar refractivity (Wildman–Crippen MR) is 153 cm³/mol. The normalized spacial score (nSPS) is 10.8. The highest BCUT2D eigenvalue weighted by Gasteiger charge is 2.18. The lowest BCUT2D eigenvalue weighted by molar-refractivity contribution is 0.0498. The first-order chi connectivity index (χ1) is 18.5. The molecule has 0 saturated carbocycles. The molecule has 0 aliphatic heterocycles. The van der Waals surface area contributed by atoms with E-state index in [1.165, 1.54) is 40.7 Å². The fourth-order valence-corrected chi connectivity index (χ4v) is 4.44. The molecule has 3 N–H and O–H groups in total. The van der Waals surface area contributed by atoms with Gasteiger partial charge < -0.3 is 15.4 Å². The van der Waals surface area contributed by atoms with Crippen molar-refractivity contribution in [3.05, 3.63) is 89.5 Å². The van der Waals surface area contributed by atoms with E-state index in [1.807, 2.05) is 30.7 Å². The molecule has 39 heavy (non-hydrogen) atoms. The molecule has 0 fully saturated rings. The number of thiol groups is 1. The van der Waals surface area contributed by atoms with Crippen molar-refractivity contribution in [1.82, 2.24) is 10.0 Å². The second-order valence-electron chi connectivity index (χ2n) is 8.68. The summed E-state index contributed by atoms with van der Waals surface area (Å²) >= 11 is 4.22. The quantitative estimate of drug-likeness (QED) is 0.157. The maximum absolute atomic E-state index is 12.4. The molecule has 4 amide bonds. The molecule has 12 heteroatoms. The van der Waals surface area contributed by atoms with E-state index in [9.17, 15) is 22.8 Å². The van der Waals surface area contributed by atoms with Gasteiger partial charge in [0.25, 0.3) is 10.0 Å². The van der Waals surface area contributed by atoms with Crippen molar-refractivity contribution in [2.45, 2.75) is 31.6 Å². The van der Waals surface area contributed by atoms with Gasteiger partial charge in [0.1, 0.15) is 0 Å². The van der Waals surface area contributed by atoms with Gasteiger partial charge in [-0.1, -0.05) is 54.3 Å². The van der Waals surface area contributed by atoms with Crippen LogP contribution < -0.4 is 19.7 Å². The van der Waals surface area contributed by atoms with Crippen LogP contribution in [0, 0.1) is 13.8 Å². The number of carbonyl (C=O) groups excluding carboxylic acids is 3.